The average Bonchev–Trinajstić information content (AvgIpc) is 3.14. The van der Waals surface area contributed by atoms with E-state index in [9.17, 15) is 9.59 Å². The number of hydrogen-bond acceptors (Lipinski definition) is 6. The summed E-state index contributed by atoms with van der Waals surface area (Å²) >= 11 is 0. The molecular formula is C21H27N5O3. The normalized spacial score (nSPS) is 30.1. The minimum atomic E-state index is -0.158. The SMILES string of the molecule is C[C@H]1[C@H](NC(=O)c2cc3c(N4CCN(C)CC4=O)coc3cn2)C2CCN1CC2. The Kier molecular flexibility index (Phi) is 4.55. The number of piperidine rings is 3. The number of fused-ring (bicyclic) bond motifs is 4. The summed E-state index contributed by atoms with van der Waals surface area (Å²) in [5, 5.41) is 3.98. The summed E-state index contributed by atoms with van der Waals surface area (Å²) in [5.74, 6) is 0.412. The van der Waals surface area contributed by atoms with Gasteiger partial charge in [0.1, 0.15) is 12.0 Å². The van der Waals surface area contributed by atoms with Gasteiger partial charge in [-0.2, -0.15) is 0 Å². The molecule has 0 aromatic carbocycles. The van der Waals surface area contributed by atoms with Crippen LogP contribution in [0.5, 0.6) is 0 Å². The van der Waals surface area contributed by atoms with Crippen molar-refractivity contribution in [2.24, 2.45) is 5.92 Å². The Bertz CT molecular complexity index is 947. The van der Waals surface area contributed by atoms with Gasteiger partial charge in [-0.05, 0) is 51.9 Å². The quantitative estimate of drug-likeness (QED) is 0.841. The van der Waals surface area contributed by atoms with Crippen LogP contribution in [0.4, 0.5) is 5.69 Å². The highest BCUT2D eigenvalue weighted by Crippen LogP contribution is 2.33. The van der Waals surface area contributed by atoms with Crippen molar-refractivity contribution in [3.05, 3.63) is 24.2 Å². The largest absolute Gasteiger partial charge is 0.460 e. The summed E-state index contributed by atoms with van der Waals surface area (Å²) in [7, 11) is 1.94. The minimum absolute atomic E-state index is 0.0327. The van der Waals surface area contributed by atoms with Gasteiger partial charge >= 0.3 is 0 Å². The Labute approximate surface area is 169 Å². The molecule has 0 saturated carbocycles. The van der Waals surface area contributed by atoms with Crippen molar-refractivity contribution in [3.8, 4) is 0 Å². The van der Waals surface area contributed by atoms with E-state index in [1.54, 1.807) is 23.4 Å². The zero-order valence-corrected chi connectivity index (χ0v) is 16.9. The zero-order chi connectivity index (χ0) is 20.1. The summed E-state index contributed by atoms with van der Waals surface area (Å²) < 4.78 is 5.61. The molecule has 0 radical (unpaired) electrons. The molecule has 6 heterocycles. The second-order valence-electron chi connectivity index (χ2n) is 8.58. The standard InChI is InChI=1S/C21H27N5O3/c1-13-20(14-3-5-25(13)6-4-14)23-21(28)16-9-15-17(12-29-18(15)10-22-16)26-8-7-24(2)11-19(26)27/h9-10,12-14,20H,3-8,11H2,1-2H3,(H,23,28)/t13-,20-/m0/s1. The second-order valence-corrected chi connectivity index (χ2v) is 8.58. The van der Waals surface area contributed by atoms with E-state index in [4.69, 9.17) is 4.42 Å². The first-order chi connectivity index (χ1) is 14.0. The lowest BCUT2D eigenvalue weighted by Gasteiger charge is -2.49. The van der Waals surface area contributed by atoms with Crippen molar-refractivity contribution in [1.82, 2.24) is 20.1 Å². The number of piperazine rings is 1. The first-order valence-corrected chi connectivity index (χ1v) is 10.4. The molecule has 0 spiro atoms. The highest BCUT2D eigenvalue weighted by molar-refractivity contribution is 6.05. The Morgan fingerprint density at radius 3 is 2.76 bits per heavy atom. The second kappa shape index (κ2) is 7.11. The molecule has 2 aromatic rings. The number of aromatic nitrogens is 1. The van der Waals surface area contributed by atoms with E-state index in [1.807, 2.05) is 11.9 Å². The first kappa shape index (κ1) is 18.6. The number of hydrogen-bond donors (Lipinski definition) is 1. The van der Waals surface area contributed by atoms with Gasteiger partial charge in [-0.1, -0.05) is 0 Å². The van der Waals surface area contributed by atoms with Gasteiger partial charge in [0.25, 0.3) is 5.91 Å². The number of anilines is 1. The summed E-state index contributed by atoms with van der Waals surface area (Å²) in [4.78, 5) is 36.0. The number of carbonyl (C=O) groups is 2. The van der Waals surface area contributed by atoms with Gasteiger partial charge in [0.15, 0.2) is 5.58 Å². The van der Waals surface area contributed by atoms with Crippen LogP contribution in [0.3, 0.4) is 0 Å². The maximum Gasteiger partial charge on any atom is 0.270 e. The van der Waals surface area contributed by atoms with E-state index in [0.717, 1.165) is 37.9 Å². The van der Waals surface area contributed by atoms with Crippen LogP contribution in [-0.2, 0) is 4.79 Å². The van der Waals surface area contributed by atoms with Crippen molar-refractivity contribution in [2.45, 2.75) is 31.8 Å². The fourth-order valence-corrected chi connectivity index (χ4v) is 5.07. The third-order valence-electron chi connectivity index (χ3n) is 6.85. The van der Waals surface area contributed by atoms with Gasteiger partial charge in [0, 0.05) is 30.6 Å². The number of likely N-dealkylation sites (N-methyl/N-ethyl adjacent to an activating group) is 1. The molecule has 4 aliphatic heterocycles. The molecule has 2 bridgehead atoms. The maximum absolute atomic E-state index is 13.0. The highest BCUT2D eigenvalue weighted by Gasteiger charge is 2.40. The molecule has 2 atom stereocenters. The molecule has 0 unspecified atom stereocenters. The average molecular weight is 397 g/mol. The number of pyridine rings is 1. The predicted molar refractivity (Wildman–Crippen MR) is 109 cm³/mol. The fraction of sp³-hybridized carbons (Fsp3) is 0.571. The molecule has 4 fully saturated rings. The van der Waals surface area contributed by atoms with Crippen LogP contribution in [0, 0.1) is 5.92 Å². The van der Waals surface area contributed by atoms with Crippen LogP contribution in [0.1, 0.15) is 30.3 Å². The summed E-state index contributed by atoms with van der Waals surface area (Å²) in [6, 6.07) is 2.26. The number of amides is 2. The number of nitrogens with zero attached hydrogens (tertiary/aromatic N) is 4. The van der Waals surface area contributed by atoms with E-state index in [-0.39, 0.29) is 17.9 Å². The number of furan rings is 1. The molecule has 2 aromatic heterocycles. The Morgan fingerprint density at radius 2 is 2.03 bits per heavy atom. The molecule has 2 amide bonds. The van der Waals surface area contributed by atoms with Crippen LogP contribution in [0.15, 0.2) is 22.9 Å². The van der Waals surface area contributed by atoms with E-state index >= 15 is 0 Å². The summed E-state index contributed by atoms with van der Waals surface area (Å²) in [5.41, 5.74) is 1.66. The molecule has 154 valence electrons. The number of carbonyl (C=O) groups excluding carboxylic acids is 2. The highest BCUT2D eigenvalue weighted by atomic mass is 16.3. The molecule has 8 nitrogen and oxygen atoms in total. The smallest absolute Gasteiger partial charge is 0.270 e. The minimum Gasteiger partial charge on any atom is -0.460 e. The van der Waals surface area contributed by atoms with E-state index < -0.39 is 0 Å². The topological polar surface area (TPSA) is 81.9 Å². The molecule has 4 aliphatic rings. The Balaban J connectivity index is 1.39. The Hall–Kier alpha value is -2.45. The van der Waals surface area contributed by atoms with Gasteiger partial charge in [-0.3, -0.25) is 19.4 Å². The van der Waals surface area contributed by atoms with Gasteiger partial charge in [-0.15, -0.1) is 0 Å². The van der Waals surface area contributed by atoms with Gasteiger partial charge in [0.05, 0.1) is 18.4 Å². The molecule has 6 rings (SSSR count). The lowest BCUT2D eigenvalue weighted by molar-refractivity contribution is -0.120. The van der Waals surface area contributed by atoms with Crippen molar-refractivity contribution in [3.63, 3.8) is 0 Å². The van der Waals surface area contributed by atoms with E-state index in [0.29, 0.717) is 42.0 Å². The van der Waals surface area contributed by atoms with Gasteiger partial charge in [0.2, 0.25) is 5.91 Å². The van der Waals surface area contributed by atoms with Crippen molar-refractivity contribution >= 4 is 28.5 Å². The fourth-order valence-electron chi connectivity index (χ4n) is 5.07. The van der Waals surface area contributed by atoms with Crippen molar-refractivity contribution < 1.29 is 14.0 Å². The predicted octanol–water partition coefficient (Wildman–Crippen LogP) is 1.32. The van der Waals surface area contributed by atoms with Crippen molar-refractivity contribution in [2.75, 3.05) is 44.7 Å². The molecule has 8 heteroatoms. The van der Waals surface area contributed by atoms with Crippen LogP contribution >= 0.6 is 0 Å². The number of rotatable bonds is 3. The van der Waals surface area contributed by atoms with Crippen LogP contribution in [0.2, 0.25) is 0 Å². The first-order valence-electron chi connectivity index (χ1n) is 10.4. The summed E-state index contributed by atoms with van der Waals surface area (Å²) in [6.07, 6.45) is 5.44. The third-order valence-corrected chi connectivity index (χ3v) is 6.85. The van der Waals surface area contributed by atoms with Crippen LogP contribution in [0.25, 0.3) is 11.0 Å². The Morgan fingerprint density at radius 1 is 1.24 bits per heavy atom. The maximum atomic E-state index is 13.0. The van der Waals surface area contributed by atoms with Crippen LogP contribution < -0.4 is 10.2 Å². The molecular weight excluding hydrogens is 370 g/mol. The van der Waals surface area contributed by atoms with Crippen molar-refractivity contribution in [1.29, 1.82) is 0 Å². The molecule has 1 N–H and O–H groups in total. The monoisotopic (exact) mass is 397 g/mol. The summed E-state index contributed by atoms with van der Waals surface area (Å²) in [6.45, 7) is 6.22. The number of nitrogens with one attached hydrogen (secondary N) is 1. The van der Waals surface area contributed by atoms with Crippen LogP contribution in [-0.4, -0.2) is 78.5 Å². The van der Waals surface area contributed by atoms with Gasteiger partial charge < -0.3 is 14.6 Å². The molecule has 29 heavy (non-hydrogen) atoms. The van der Waals surface area contributed by atoms with E-state index in [1.165, 1.54) is 0 Å². The molecule has 0 aliphatic carbocycles. The molecule has 4 saturated heterocycles. The zero-order valence-electron chi connectivity index (χ0n) is 16.9. The lowest BCUT2D eigenvalue weighted by Crippen LogP contribution is -2.62. The van der Waals surface area contributed by atoms with Gasteiger partial charge in [-0.25, -0.2) is 4.98 Å². The lowest BCUT2D eigenvalue weighted by atomic mass is 9.79. The third kappa shape index (κ3) is 3.20. The van der Waals surface area contributed by atoms with E-state index in [2.05, 4.69) is 22.1 Å².